The fourth-order valence-electron chi connectivity index (χ4n) is 6.45. The number of amides is 1. The van der Waals surface area contributed by atoms with Crippen LogP contribution in [0.4, 0.5) is 10.5 Å². The molecule has 3 aromatic rings. The molecule has 2 heterocycles. The molecule has 1 saturated heterocycles. The monoisotopic (exact) mass is 534 g/mol. The molecule has 1 aliphatic carbocycles. The molecule has 1 fully saturated rings. The Morgan fingerprint density at radius 1 is 1.08 bits per heavy atom. The predicted molar refractivity (Wildman–Crippen MR) is 147 cm³/mol. The van der Waals surface area contributed by atoms with E-state index in [-0.39, 0.29) is 33.6 Å². The molecule has 0 bridgehead atoms. The number of ether oxygens (including phenoxy) is 1. The van der Waals surface area contributed by atoms with E-state index in [0.29, 0.717) is 10.6 Å². The van der Waals surface area contributed by atoms with Crippen molar-refractivity contribution in [2.24, 2.45) is 0 Å². The molecule has 38 heavy (non-hydrogen) atoms. The molecule has 2 aromatic carbocycles. The van der Waals surface area contributed by atoms with Crippen LogP contribution in [0.1, 0.15) is 60.6 Å². The lowest BCUT2D eigenvalue weighted by Crippen LogP contribution is -2.61. The number of hydrogen-bond acceptors (Lipinski definition) is 5. The van der Waals surface area contributed by atoms with Gasteiger partial charge in [-0.15, -0.1) is 0 Å². The van der Waals surface area contributed by atoms with Gasteiger partial charge in [0.05, 0.1) is 23.7 Å². The number of quaternary nitrogens is 1. The number of carbonyl (C=O) groups is 2. The van der Waals surface area contributed by atoms with Gasteiger partial charge in [0.15, 0.2) is 0 Å². The Labute approximate surface area is 228 Å². The molecule has 198 valence electrons. The summed E-state index contributed by atoms with van der Waals surface area (Å²) in [5.41, 5.74) is 3.53. The number of halogens is 1. The van der Waals surface area contributed by atoms with Crippen LogP contribution in [-0.4, -0.2) is 52.8 Å². The molecule has 1 aliphatic heterocycles. The second kappa shape index (κ2) is 10.0. The smallest absolute Gasteiger partial charge is 0.449 e. The van der Waals surface area contributed by atoms with Crippen LogP contribution in [0.2, 0.25) is 5.02 Å². The van der Waals surface area contributed by atoms with Crippen molar-refractivity contribution >= 4 is 29.4 Å². The molecule has 0 radical (unpaired) electrons. The van der Waals surface area contributed by atoms with E-state index in [1.165, 1.54) is 0 Å². The van der Waals surface area contributed by atoms with Gasteiger partial charge in [0, 0.05) is 56.0 Å². The third-order valence-electron chi connectivity index (χ3n) is 8.46. The van der Waals surface area contributed by atoms with Gasteiger partial charge < -0.3 is 14.7 Å². The number of carbonyl (C=O) groups excluding carboxylic acids is 1. The van der Waals surface area contributed by atoms with Crippen molar-refractivity contribution in [1.82, 2.24) is 4.98 Å². The van der Waals surface area contributed by atoms with Gasteiger partial charge in [-0.1, -0.05) is 43.6 Å². The van der Waals surface area contributed by atoms with E-state index in [2.05, 4.69) is 23.7 Å². The Hall–Kier alpha value is -3.42. The van der Waals surface area contributed by atoms with Gasteiger partial charge in [0.2, 0.25) is 0 Å². The summed E-state index contributed by atoms with van der Waals surface area (Å²) in [5, 5.41) is 9.67. The quantitative estimate of drug-likeness (QED) is 0.229. The van der Waals surface area contributed by atoms with E-state index in [0.717, 1.165) is 49.2 Å². The highest BCUT2D eigenvalue weighted by molar-refractivity contribution is 6.33. The number of hydrogen-bond donors (Lipinski definition) is 1. The van der Waals surface area contributed by atoms with Crippen molar-refractivity contribution in [1.29, 1.82) is 0 Å². The van der Waals surface area contributed by atoms with Crippen LogP contribution in [-0.2, 0) is 5.41 Å². The van der Waals surface area contributed by atoms with E-state index >= 15 is 0 Å². The highest BCUT2D eigenvalue weighted by atomic mass is 35.5. The number of benzene rings is 2. The predicted octanol–water partition coefficient (Wildman–Crippen LogP) is 6.47. The Morgan fingerprint density at radius 3 is 2.42 bits per heavy atom. The molecule has 1 N–H and O–H groups in total. The third kappa shape index (κ3) is 4.65. The molecule has 7 nitrogen and oxygen atoms in total. The lowest BCUT2D eigenvalue weighted by atomic mass is 9.86. The summed E-state index contributed by atoms with van der Waals surface area (Å²) < 4.78 is 5.20. The normalized spacial score (nSPS) is 20.4. The third-order valence-corrected chi connectivity index (χ3v) is 8.79. The SMILES string of the molecule is CC1(C)CC([N+](C)(C(=O)c2ccccc2Cl)C2CCN(c3ccncc3)CC2)c2cc(OC(=O)O)ccc21. The van der Waals surface area contributed by atoms with Crippen LogP contribution in [0.15, 0.2) is 67.0 Å². The Balaban J connectivity index is 1.57. The second-order valence-electron chi connectivity index (χ2n) is 11.1. The number of rotatable bonds is 5. The minimum Gasteiger partial charge on any atom is -0.449 e. The number of carboxylic acid groups (broad SMARTS) is 1. The number of piperidine rings is 1. The van der Waals surface area contributed by atoms with E-state index in [1.807, 2.05) is 43.4 Å². The Bertz CT molecular complexity index is 1350. The average Bonchev–Trinajstić information content (AvgIpc) is 3.18. The first-order chi connectivity index (χ1) is 18.1. The summed E-state index contributed by atoms with van der Waals surface area (Å²) in [6.07, 6.45) is 4.65. The van der Waals surface area contributed by atoms with E-state index in [9.17, 15) is 14.7 Å². The molecular weight excluding hydrogens is 502 g/mol. The van der Waals surface area contributed by atoms with Gasteiger partial charge >= 0.3 is 12.1 Å². The standard InChI is InChI=1S/C30H32ClN3O4/c1-30(2)19-27(24-18-22(38-29(36)37)8-9-25(24)30)34(3,28(35)23-6-4-5-7-26(23)31)21-12-16-33(17-13-21)20-10-14-32-15-11-20/h4-11,14-15,18,21,27H,12-13,16-17,19H2,1-3H3/p+1. The maximum absolute atomic E-state index is 14.5. The summed E-state index contributed by atoms with van der Waals surface area (Å²) in [5.74, 6) is 0.249. The van der Waals surface area contributed by atoms with Gasteiger partial charge in [0.25, 0.3) is 0 Å². The molecule has 2 atom stereocenters. The molecule has 0 spiro atoms. The molecule has 8 heteroatoms. The van der Waals surface area contributed by atoms with Crippen LogP contribution >= 0.6 is 11.6 Å². The van der Waals surface area contributed by atoms with Gasteiger partial charge in [-0.05, 0) is 47.4 Å². The van der Waals surface area contributed by atoms with Gasteiger partial charge in [-0.3, -0.25) is 4.98 Å². The van der Waals surface area contributed by atoms with Crippen LogP contribution in [0, 0.1) is 0 Å². The number of nitrogens with zero attached hydrogens (tertiary/aromatic N) is 3. The van der Waals surface area contributed by atoms with Crippen LogP contribution in [0.5, 0.6) is 5.75 Å². The van der Waals surface area contributed by atoms with Crippen LogP contribution in [0.25, 0.3) is 0 Å². The fraction of sp³-hybridized carbons (Fsp3) is 0.367. The molecule has 1 aromatic heterocycles. The van der Waals surface area contributed by atoms with Crippen molar-refractivity contribution in [3.05, 3.63) is 88.7 Å². The van der Waals surface area contributed by atoms with Crippen molar-refractivity contribution in [2.45, 2.75) is 50.6 Å². The fourth-order valence-corrected chi connectivity index (χ4v) is 6.67. The highest BCUT2D eigenvalue weighted by Gasteiger charge is 2.54. The zero-order chi connectivity index (χ0) is 27.1. The molecular formula is C30H33ClN3O4+. The number of fused-ring (bicyclic) bond motifs is 1. The molecule has 2 unspecified atom stereocenters. The maximum Gasteiger partial charge on any atom is 0.511 e. The number of aromatic nitrogens is 1. The molecule has 0 saturated carbocycles. The van der Waals surface area contributed by atoms with Gasteiger partial charge in [-0.25, -0.2) is 14.1 Å². The number of anilines is 1. The van der Waals surface area contributed by atoms with Crippen molar-refractivity contribution in [3.63, 3.8) is 0 Å². The first-order valence-electron chi connectivity index (χ1n) is 13.0. The minimum atomic E-state index is -1.35. The average molecular weight is 535 g/mol. The number of pyridine rings is 1. The van der Waals surface area contributed by atoms with Crippen molar-refractivity contribution < 1.29 is 23.9 Å². The summed E-state index contributed by atoms with van der Waals surface area (Å²) in [6.45, 7) is 6.01. The zero-order valence-corrected chi connectivity index (χ0v) is 22.7. The topological polar surface area (TPSA) is 79.7 Å². The lowest BCUT2D eigenvalue weighted by molar-refractivity contribution is -0.887. The van der Waals surface area contributed by atoms with Crippen LogP contribution < -0.4 is 9.64 Å². The Kier molecular flexibility index (Phi) is 6.92. The van der Waals surface area contributed by atoms with Gasteiger partial charge in [-0.2, -0.15) is 0 Å². The van der Waals surface area contributed by atoms with E-state index in [4.69, 9.17) is 16.3 Å². The highest BCUT2D eigenvalue weighted by Crippen LogP contribution is 2.53. The summed E-state index contributed by atoms with van der Waals surface area (Å²) in [6, 6.07) is 16.6. The molecule has 5 rings (SSSR count). The molecule has 1 amide bonds. The van der Waals surface area contributed by atoms with Crippen LogP contribution in [0.3, 0.4) is 0 Å². The second-order valence-corrected chi connectivity index (χ2v) is 11.5. The van der Waals surface area contributed by atoms with E-state index in [1.54, 1.807) is 30.6 Å². The summed E-state index contributed by atoms with van der Waals surface area (Å²) in [7, 11) is 2.04. The van der Waals surface area contributed by atoms with Gasteiger partial charge in [0.1, 0.15) is 11.8 Å². The Morgan fingerprint density at radius 2 is 1.76 bits per heavy atom. The maximum atomic E-state index is 14.5. The summed E-state index contributed by atoms with van der Waals surface area (Å²) in [4.78, 5) is 32.3. The van der Waals surface area contributed by atoms with E-state index < -0.39 is 6.16 Å². The largest absolute Gasteiger partial charge is 0.511 e. The van der Waals surface area contributed by atoms with Crippen molar-refractivity contribution in [2.75, 3.05) is 25.0 Å². The first kappa shape index (κ1) is 26.2. The first-order valence-corrected chi connectivity index (χ1v) is 13.3. The molecule has 2 aliphatic rings. The van der Waals surface area contributed by atoms with Crippen molar-refractivity contribution in [3.8, 4) is 5.75 Å². The summed E-state index contributed by atoms with van der Waals surface area (Å²) >= 11 is 6.58. The zero-order valence-electron chi connectivity index (χ0n) is 21.9. The minimum absolute atomic E-state index is 0.0174. The lowest BCUT2D eigenvalue weighted by Gasteiger charge is -2.47.